The molecular formula is C16H17NO3S. The minimum absolute atomic E-state index is 0.167. The van der Waals surface area contributed by atoms with Crippen molar-refractivity contribution in [1.29, 1.82) is 0 Å². The summed E-state index contributed by atoms with van der Waals surface area (Å²) in [5.74, 6) is -1.50. The molecule has 4 nitrogen and oxygen atoms in total. The lowest BCUT2D eigenvalue weighted by atomic mass is 10.0. The van der Waals surface area contributed by atoms with E-state index in [1.165, 1.54) is 16.2 Å². The Balaban J connectivity index is 2.15. The van der Waals surface area contributed by atoms with Crippen molar-refractivity contribution in [2.75, 3.05) is 6.54 Å². The molecule has 0 fully saturated rings. The first-order chi connectivity index (χ1) is 10.1. The third kappa shape index (κ3) is 4.16. The first-order valence-electron chi connectivity index (χ1n) is 6.64. The van der Waals surface area contributed by atoms with Gasteiger partial charge < -0.3 is 10.0 Å². The second-order valence-corrected chi connectivity index (χ2v) is 5.63. The van der Waals surface area contributed by atoms with E-state index in [-0.39, 0.29) is 18.4 Å². The van der Waals surface area contributed by atoms with Crippen molar-refractivity contribution in [3.8, 4) is 0 Å². The van der Waals surface area contributed by atoms with Gasteiger partial charge >= 0.3 is 5.97 Å². The molecule has 2 aromatic rings. The predicted octanol–water partition coefficient (Wildman–Crippen LogP) is 2.97. The molecule has 0 radical (unpaired) electrons. The number of carboxylic acids is 1. The number of aliphatic carboxylic acids is 1. The number of benzene rings is 1. The van der Waals surface area contributed by atoms with Crippen LogP contribution in [0.2, 0.25) is 0 Å². The van der Waals surface area contributed by atoms with Crippen molar-refractivity contribution in [3.05, 3.63) is 58.3 Å². The molecule has 1 N–H and O–H groups in total. The van der Waals surface area contributed by atoms with Gasteiger partial charge in [0.25, 0.3) is 0 Å². The summed E-state index contributed by atoms with van der Waals surface area (Å²) < 4.78 is 0. The number of hydrogen-bond donors (Lipinski definition) is 1. The van der Waals surface area contributed by atoms with Gasteiger partial charge in [-0.15, -0.1) is 0 Å². The van der Waals surface area contributed by atoms with E-state index in [1.807, 2.05) is 54.1 Å². The summed E-state index contributed by atoms with van der Waals surface area (Å²) in [6.45, 7) is 1.83. The molecule has 1 aromatic heterocycles. The molecule has 1 amide bonds. The third-order valence-electron chi connectivity index (χ3n) is 3.27. The zero-order valence-electron chi connectivity index (χ0n) is 11.7. The van der Waals surface area contributed by atoms with Crippen molar-refractivity contribution in [2.45, 2.75) is 19.4 Å². The number of carbonyl (C=O) groups is 2. The lowest BCUT2D eigenvalue weighted by Gasteiger charge is -2.24. The van der Waals surface area contributed by atoms with Crippen LogP contribution in [0.5, 0.6) is 0 Å². The van der Waals surface area contributed by atoms with Gasteiger partial charge in [-0.2, -0.15) is 11.3 Å². The molecule has 21 heavy (non-hydrogen) atoms. The van der Waals surface area contributed by atoms with E-state index in [0.717, 1.165) is 11.1 Å². The van der Waals surface area contributed by atoms with Gasteiger partial charge in [0, 0.05) is 6.54 Å². The summed E-state index contributed by atoms with van der Waals surface area (Å²) >= 11 is 1.53. The second-order valence-electron chi connectivity index (χ2n) is 4.85. The molecular weight excluding hydrogens is 286 g/mol. The van der Waals surface area contributed by atoms with Gasteiger partial charge in [0.05, 0.1) is 5.92 Å². The second kappa shape index (κ2) is 7.04. The van der Waals surface area contributed by atoms with Gasteiger partial charge in [-0.1, -0.05) is 30.3 Å². The molecule has 0 spiro atoms. The molecule has 1 aromatic carbocycles. The Kier molecular flexibility index (Phi) is 5.11. The summed E-state index contributed by atoms with van der Waals surface area (Å²) in [7, 11) is 0. The monoisotopic (exact) mass is 303 g/mol. The van der Waals surface area contributed by atoms with Gasteiger partial charge in [0.1, 0.15) is 6.54 Å². The van der Waals surface area contributed by atoms with Crippen LogP contribution in [0.4, 0.5) is 0 Å². The Hall–Kier alpha value is -2.14. The Morgan fingerprint density at radius 3 is 2.52 bits per heavy atom. The summed E-state index contributed by atoms with van der Waals surface area (Å²) in [4.78, 5) is 25.0. The molecule has 1 atom stereocenters. The molecule has 0 aliphatic rings. The van der Waals surface area contributed by atoms with Crippen LogP contribution in [0.25, 0.3) is 0 Å². The van der Waals surface area contributed by atoms with E-state index in [2.05, 4.69) is 0 Å². The fourth-order valence-electron chi connectivity index (χ4n) is 2.12. The molecule has 0 unspecified atom stereocenters. The lowest BCUT2D eigenvalue weighted by molar-refractivity contribution is -0.145. The lowest BCUT2D eigenvalue weighted by Crippen LogP contribution is -2.37. The highest BCUT2D eigenvalue weighted by Gasteiger charge is 2.24. The molecule has 1 heterocycles. The smallest absolute Gasteiger partial charge is 0.323 e. The van der Waals surface area contributed by atoms with E-state index in [1.54, 1.807) is 0 Å². The minimum atomic E-state index is -1.00. The Labute approximate surface area is 127 Å². The van der Waals surface area contributed by atoms with E-state index in [0.29, 0.717) is 6.54 Å². The van der Waals surface area contributed by atoms with Crippen molar-refractivity contribution < 1.29 is 14.7 Å². The SMILES string of the molecule is C[C@H](C(=O)N(CC(=O)O)Cc1ccccc1)c1ccsc1. The maximum atomic E-state index is 12.5. The molecule has 5 heteroatoms. The van der Waals surface area contributed by atoms with E-state index >= 15 is 0 Å². The van der Waals surface area contributed by atoms with Crippen LogP contribution in [-0.2, 0) is 16.1 Å². The van der Waals surface area contributed by atoms with Crippen molar-refractivity contribution >= 4 is 23.2 Å². The predicted molar refractivity (Wildman–Crippen MR) is 82.2 cm³/mol. The summed E-state index contributed by atoms with van der Waals surface area (Å²) in [5, 5.41) is 12.9. The number of hydrogen-bond acceptors (Lipinski definition) is 3. The number of carboxylic acid groups (broad SMARTS) is 1. The molecule has 0 saturated heterocycles. The van der Waals surface area contributed by atoms with Crippen molar-refractivity contribution in [3.63, 3.8) is 0 Å². The zero-order chi connectivity index (χ0) is 15.2. The number of amides is 1. The maximum absolute atomic E-state index is 12.5. The molecule has 2 rings (SSSR count). The minimum Gasteiger partial charge on any atom is -0.480 e. The van der Waals surface area contributed by atoms with Gasteiger partial charge in [-0.25, -0.2) is 0 Å². The van der Waals surface area contributed by atoms with Crippen molar-refractivity contribution in [2.24, 2.45) is 0 Å². The maximum Gasteiger partial charge on any atom is 0.323 e. The summed E-state index contributed by atoms with van der Waals surface area (Å²) in [6, 6.07) is 11.3. The van der Waals surface area contributed by atoms with Crippen LogP contribution in [0.1, 0.15) is 24.0 Å². The topological polar surface area (TPSA) is 57.6 Å². The van der Waals surface area contributed by atoms with Crippen LogP contribution in [0, 0.1) is 0 Å². The number of carbonyl (C=O) groups excluding carboxylic acids is 1. The highest BCUT2D eigenvalue weighted by molar-refractivity contribution is 7.08. The van der Waals surface area contributed by atoms with Crippen LogP contribution < -0.4 is 0 Å². The molecule has 0 aliphatic carbocycles. The largest absolute Gasteiger partial charge is 0.480 e. The molecule has 0 saturated carbocycles. The fourth-order valence-corrected chi connectivity index (χ4v) is 2.87. The number of thiophene rings is 1. The zero-order valence-corrected chi connectivity index (χ0v) is 12.5. The average molecular weight is 303 g/mol. The molecule has 0 bridgehead atoms. The highest BCUT2D eigenvalue weighted by Crippen LogP contribution is 2.21. The standard InChI is InChI=1S/C16H17NO3S/c1-12(14-7-8-21-11-14)16(20)17(10-15(18)19)9-13-5-3-2-4-6-13/h2-8,11-12H,9-10H2,1H3,(H,18,19)/t12-/m0/s1. The first-order valence-corrected chi connectivity index (χ1v) is 7.59. The van der Waals surface area contributed by atoms with Crippen LogP contribution in [-0.4, -0.2) is 28.4 Å². The molecule has 110 valence electrons. The van der Waals surface area contributed by atoms with Crippen molar-refractivity contribution in [1.82, 2.24) is 4.90 Å². The van der Waals surface area contributed by atoms with Gasteiger partial charge in [-0.05, 0) is 34.9 Å². The van der Waals surface area contributed by atoms with E-state index in [4.69, 9.17) is 5.11 Å². The number of rotatable bonds is 6. The van der Waals surface area contributed by atoms with Crippen LogP contribution >= 0.6 is 11.3 Å². The Morgan fingerprint density at radius 1 is 1.24 bits per heavy atom. The Bertz CT molecular complexity index is 595. The number of nitrogens with zero attached hydrogens (tertiary/aromatic N) is 1. The quantitative estimate of drug-likeness (QED) is 0.892. The highest BCUT2D eigenvalue weighted by atomic mass is 32.1. The van der Waals surface area contributed by atoms with E-state index < -0.39 is 5.97 Å². The van der Waals surface area contributed by atoms with Crippen LogP contribution in [0.3, 0.4) is 0 Å². The average Bonchev–Trinajstić information content (AvgIpc) is 3.00. The van der Waals surface area contributed by atoms with Gasteiger partial charge in [-0.3, -0.25) is 9.59 Å². The third-order valence-corrected chi connectivity index (χ3v) is 3.97. The molecule has 0 aliphatic heterocycles. The summed E-state index contributed by atoms with van der Waals surface area (Å²) in [5.41, 5.74) is 1.85. The fraction of sp³-hybridized carbons (Fsp3) is 0.250. The Morgan fingerprint density at radius 2 is 1.95 bits per heavy atom. The normalized spacial score (nSPS) is 11.9. The van der Waals surface area contributed by atoms with E-state index in [9.17, 15) is 9.59 Å². The summed E-state index contributed by atoms with van der Waals surface area (Å²) in [6.07, 6.45) is 0. The first kappa shape index (κ1) is 15.3. The van der Waals surface area contributed by atoms with Gasteiger partial charge in [0.2, 0.25) is 5.91 Å². The van der Waals surface area contributed by atoms with Crippen LogP contribution in [0.15, 0.2) is 47.2 Å². The van der Waals surface area contributed by atoms with Gasteiger partial charge in [0.15, 0.2) is 0 Å².